The molecule has 1 aliphatic heterocycles. The predicted molar refractivity (Wildman–Crippen MR) is 67.3 cm³/mol. The van der Waals surface area contributed by atoms with Gasteiger partial charge in [0.15, 0.2) is 0 Å². The number of esters is 1. The standard InChI is InChI=1S/C13H11F3N2O3/c14-13(15,16)8-1-3-9(4-2-8)17-12(20)18-10-5-6-21-11(19)7-10/h1-4,7H,5-6H2,(H2,17,18,20). The Hall–Kier alpha value is -2.51. The maximum atomic E-state index is 12.4. The second-order valence-corrected chi connectivity index (χ2v) is 4.24. The Morgan fingerprint density at radius 3 is 2.38 bits per heavy atom. The number of carbonyl (C=O) groups excluding carboxylic acids is 2. The van der Waals surface area contributed by atoms with Crippen LogP contribution in [0, 0.1) is 0 Å². The van der Waals surface area contributed by atoms with Crippen LogP contribution in [0.4, 0.5) is 23.7 Å². The van der Waals surface area contributed by atoms with Crippen molar-refractivity contribution >= 4 is 17.7 Å². The summed E-state index contributed by atoms with van der Waals surface area (Å²) in [7, 11) is 0. The average Bonchev–Trinajstić information content (AvgIpc) is 2.38. The SMILES string of the molecule is O=C(NC1=CC(=O)OCC1)Nc1ccc(C(F)(F)F)cc1. The van der Waals surface area contributed by atoms with E-state index in [1.54, 1.807) is 0 Å². The average molecular weight is 300 g/mol. The molecular formula is C13H11F3N2O3. The molecule has 8 heteroatoms. The molecule has 2 amide bonds. The number of amides is 2. The number of anilines is 1. The Morgan fingerprint density at radius 2 is 1.81 bits per heavy atom. The van der Waals surface area contributed by atoms with E-state index >= 15 is 0 Å². The first-order valence-corrected chi connectivity index (χ1v) is 5.97. The van der Waals surface area contributed by atoms with Crippen molar-refractivity contribution in [2.24, 2.45) is 0 Å². The van der Waals surface area contributed by atoms with E-state index in [0.717, 1.165) is 30.3 Å². The Bertz CT molecular complexity index is 579. The minimum Gasteiger partial charge on any atom is -0.462 e. The molecule has 0 aliphatic carbocycles. The van der Waals surface area contributed by atoms with Gasteiger partial charge in [0, 0.05) is 23.9 Å². The number of halogens is 3. The summed E-state index contributed by atoms with van der Waals surface area (Å²) in [5.41, 5.74) is -0.207. The molecule has 0 saturated heterocycles. The topological polar surface area (TPSA) is 67.4 Å². The molecule has 5 nitrogen and oxygen atoms in total. The van der Waals surface area contributed by atoms with Gasteiger partial charge in [-0.2, -0.15) is 13.2 Å². The van der Waals surface area contributed by atoms with Crippen LogP contribution in [0.5, 0.6) is 0 Å². The zero-order valence-corrected chi connectivity index (χ0v) is 10.7. The first-order chi connectivity index (χ1) is 9.84. The van der Waals surface area contributed by atoms with Gasteiger partial charge in [-0.3, -0.25) is 0 Å². The summed E-state index contributed by atoms with van der Waals surface area (Å²) in [4.78, 5) is 22.6. The van der Waals surface area contributed by atoms with Gasteiger partial charge in [0.1, 0.15) is 0 Å². The zero-order valence-electron chi connectivity index (χ0n) is 10.7. The van der Waals surface area contributed by atoms with E-state index in [2.05, 4.69) is 15.4 Å². The summed E-state index contributed by atoms with van der Waals surface area (Å²) in [6.07, 6.45) is -2.91. The van der Waals surface area contributed by atoms with E-state index in [-0.39, 0.29) is 12.3 Å². The number of cyclic esters (lactones) is 1. The molecule has 21 heavy (non-hydrogen) atoms. The highest BCUT2D eigenvalue weighted by Gasteiger charge is 2.30. The third kappa shape index (κ3) is 4.23. The number of benzene rings is 1. The van der Waals surface area contributed by atoms with E-state index in [9.17, 15) is 22.8 Å². The molecule has 2 rings (SSSR count). The fourth-order valence-corrected chi connectivity index (χ4v) is 1.67. The first-order valence-electron chi connectivity index (χ1n) is 5.97. The highest BCUT2D eigenvalue weighted by atomic mass is 19.4. The van der Waals surface area contributed by atoms with Gasteiger partial charge in [-0.25, -0.2) is 9.59 Å². The molecular weight excluding hydrogens is 289 g/mol. The molecule has 0 aromatic heterocycles. The van der Waals surface area contributed by atoms with Crippen molar-refractivity contribution in [2.75, 3.05) is 11.9 Å². The van der Waals surface area contributed by atoms with Crippen LogP contribution < -0.4 is 10.6 Å². The fraction of sp³-hybridized carbons (Fsp3) is 0.231. The number of carbonyl (C=O) groups is 2. The summed E-state index contributed by atoms with van der Waals surface area (Å²) in [6, 6.07) is 3.38. The van der Waals surface area contributed by atoms with Gasteiger partial charge in [-0.05, 0) is 24.3 Å². The number of alkyl halides is 3. The molecule has 0 spiro atoms. The number of urea groups is 1. The molecule has 1 aromatic rings. The largest absolute Gasteiger partial charge is 0.462 e. The fourth-order valence-electron chi connectivity index (χ4n) is 1.67. The molecule has 2 N–H and O–H groups in total. The normalized spacial score (nSPS) is 15.0. The van der Waals surface area contributed by atoms with Crippen LogP contribution in [-0.2, 0) is 15.7 Å². The molecule has 1 heterocycles. The van der Waals surface area contributed by atoms with E-state index in [1.165, 1.54) is 0 Å². The lowest BCUT2D eigenvalue weighted by atomic mass is 10.2. The number of hydrogen-bond donors (Lipinski definition) is 2. The van der Waals surface area contributed by atoms with Crippen molar-refractivity contribution in [3.05, 3.63) is 41.6 Å². The maximum Gasteiger partial charge on any atom is 0.416 e. The molecule has 0 bridgehead atoms. The van der Waals surface area contributed by atoms with Gasteiger partial charge in [-0.15, -0.1) is 0 Å². The van der Waals surface area contributed by atoms with Gasteiger partial charge < -0.3 is 15.4 Å². The highest BCUT2D eigenvalue weighted by Crippen LogP contribution is 2.29. The van der Waals surface area contributed by atoms with Crippen molar-refractivity contribution in [3.63, 3.8) is 0 Å². The van der Waals surface area contributed by atoms with Gasteiger partial charge in [0.25, 0.3) is 0 Å². The third-order valence-electron chi connectivity index (χ3n) is 2.65. The van der Waals surface area contributed by atoms with Gasteiger partial charge in [-0.1, -0.05) is 0 Å². The summed E-state index contributed by atoms with van der Waals surface area (Å²) in [5.74, 6) is -0.550. The molecule has 1 aromatic carbocycles. The van der Waals surface area contributed by atoms with Gasteiger partial charge in [0.2, 0.25) is 0 Å². The Kier molecular flexibility index (Phi) is 4.15. The quantitative estimate of drug-likeness (QED) is 0.825. The Labute approximate surface area is 117 Å². The van der Waals surface area contributed by atoms with Crippen molar-refractivity contribution in [1.29, 1.82) is 0 Å². The molecule has 112 valence electrons. The molecule has 0 atom stereocenters. The molecule has 0 saturated carbocycles. The van der Waals surface area contributed by atoms with E-state index in [4.69, 9.17) is 0 Å². The van der Waals surface area contributed by atoms with Crippen LogP contribution >= 0.6 is 0 Å². The lowest BCUT2D eigenvalue weighted by Gasteiger charge is -2.15. The number of nitrogens with one attached hydrogen (secondary N) is 2. The number of ether oxygens (including phenoxy) is 1. The number of rotatable bonds is 2. The van der Waals surface area contributed by atoms with E-state index in [1.807, 2.05) is 0 Å². The smallest absolute Gasteiger partial charge is 0.416 e. The monoisotopic (exact) mass is 300 g/mol. The lowest BCUT2D eigenvalue weighted by molar-refractivity contribution is -0.139. The molecule has 0 fully saturated rings. The summed E-state index contributed by atoms with van der Waals surface area (Å²) < 4.78 is 41.8. The minimum atomic E-state index is -4.42. The van der Waals surface area contributed by atoms with Gasteiger partial charge >= 0.3 is 18.2 Å². The number of hydrogen-bond acceptors (Lipinski definition) is 3. The first kappa shape index (κ1) is 14.9. The Morgan fingerprint density at radius 1 is 1.14 bits per heavy atom. The lowest BCUT2D eigenvalue weighted by Crippen LogP contribution is -2.30. The van der Waals surface area contributed by atoms with Crippen LogP contribution in [0.2, 0.25) is 0 Å². The summed E-state index contributed by atoms with van der Waals surface area (Å²) >= 11 is 0. The molecule has 0 radical (unpaired) electrons. The van der Waals surface area contributed by atoms with Crippen LogP contribution in [0.3, 0.4) is 0 Å². The maximum absolute atomic E-state index is 12.4. The van der Waals surface area contributed by atoms with Crippen LogP contribution in [0.1, 0.15) is 12.0 Å². The van der Waals surface area contributed by atoms with Crippen molar-refractivity contribution in [3.8, 4) is 0 Å². The second kappa shape index (κ2) is 5.86. The molecule has 0 unspecified atom stereocenters. The minimum absolute atomic E-state index is 0.172. The van der Waals surface area contributed by atoms with Gasteiger partial charge in [0.05, 0.1) is 12.2 Å². The summed E-state index contributed by atoms with van der Waals surface area (Å²) in [5, 5.41) is 4.80. The highest BCUT2D eigenvalue weighted by molar-refractivity contribution is 5.92. The zero-order chi connectivity index (χ0) is 15.5. The van der Waals surface area contributed by atoms with Crippen LogP contribution in [0.25, 0.3) is 0 Å². The van der Waals surface area contributed by atoms with Crippen molar-refractivity contribution in [1.82, 2.24) is 5.32 Å². The third-order valence-corrected chi connectivity index (χ3v) is 2.65. The van der Waals surface area contributed by atoms with Crippen LogP contribution in [-0.4, -0.2) is 18.6 Å². The van der Waals surface area contributed by atoms with Crippen molar-refractivity contribution in [2.45, 2.75) is 12.6 Å². The van der Waals surface area contributed by atoms with Crippen molar-refractivity contribution < 1.29 is 27.5 Å². The molecule has 1 aliphatic rings. The van der Waals surface area contributed by atoms with E-state index < -0.39 is 23.7 Å². The second-order valence-electron chi connectivity index (χ2n) is 4.24. The van der Waals surface area contributed by atoms with E-state index in [0.29, 0.717) is 12.1 Å². The Balaban J connectivity index is 1.95. The van der Waals surface area contributed by atoms with Crippen LogP contribution in [0.15, 0.2) is 36.0 Å². The predicted octanol–water partition coefficient (Wildman–Crippen LogP) is 2.66. The summed E-state index contributed by atoms with van der Waals surface area (Å²) in [6.45, 7) is 0.172.